The molecule has 1 amide bonds. The van der Waals surface area contributed by atoms with Crippen LogP contribution in [0.2, 0.25) is 0 Å². The van der Waals surface area contributed by atoms with Crippen LogP contribution < -0.4 is 5.73 Å². The molecule has 0 aliphatic carbocycles. The topological polar surface area (TPSA) is 46.3 Å². The molecule has 0 aromatic heterocycles. The molecule has 1 rings (SSSR count). The first-order valence-electron chi connectivity index (χ1n) is 6.82. The second-order valence-electron chi connectivity index (χ2n) is 5.21. The molecule has 0 saturated heterocycles. The van der Waals surface area contributed by atoms with Gasteiger partial charge >= 0.3 is 0 Å². The van der Waals surface area contributed by atoms with Gasteiger partial charge in [0.05, 0.1) is 0 Å². The molecule has 1 atom stereocenters. The highest BCUT2D eigenvalue weighted by Crippen LogP contribution is 2.14. The predicted octanol–water partition coefficient (Wildman–Crippen LogP) is 2.69. The molecule has 1 unspecified atom stereocenters. The van der Waals surface area contributed by atoms with E-state index in [2.05, 4.69) is 6.92 Å². The Morgan fingerprint density at radius 2 is 2.05 bits per heavy atom. The van der Waals surface area contributed by atoms with Crippen molar-refractivity contribution < 1.29 is 13.6 Å². The first-order valence-corrected chi connectivity index (χ1v) is 6.82. The highest BCUT2D eigenvalue weighted by atomic mass is 19.1. The lowest BCUT2D eigenvalue weighted by atomic mass is 10.0. The molecule has 3 nitrogen and oxygen atoms in total. The first-order chi connectivity index (χ1) is 9.43. The fourth-order valence-corrected chi connectivity index (χ4v) is 1.98. The van der Waals surface area contributed by atoms with Crippen LogP contribution in [-0.4, -0.2) is 24.4 Å². The minimum absolute atomic E-state index is 0.0439. The average molecular weight is 284 g/mol. The van der Waals surface area contributed by atoms with E-state index in [0.29, 0.717) is 24.4 Å². The minimum Gasteiger partial charge on any atom is -0.341 e. The van der Waals surface area contributed by atoms with E-state index in [1.807, 2.05) is 0 Å². The Labute approximate surface area is 118 Å². The summed E-state index contributed by atoms with van der Waals surface area (Å²) in [6, 6.07) is 3.39. The highest BCUT2D eigenvalue weighted by molar-refractivity contribution is 5.75. The number of hydrogen-bond donors (Lipinski definition) is 1. The number of halogens is 2. The van der Waals surface area contributed by atoms with E-state index < -0.39 is 11.6 Å². The predicted molar refractivity (Wildman–Crippen MR) is 74.9 cm³/mol. The summed E-state index contributed by atoms with van der Waals surface area (Å²) in [5.41, 5.74) is 5.78. The number of nitrogens with two attached hydrogens (primary N) is 1. The molecule has 5 heteroatoms. The van der Waals surface area contributed by atoms with Crippen molar-refractivity contribution in [3.63, 3.8) is 0 Å². The van der Waals surface area contributed by atoms with E-state index >= 15 is 0 Å². The van der Waals surface area contributed by atoms with E-state index in [9.17, 15) is 13.6 Å². The van der Waals surface area contributed by atoms with Gasteiger partial charge in [-0.2, -0.15) is 0 Å². The minimum atomic E-state index is -0.624. The third kappa shape index (κ3) is 5.25. The van der Waals surface area contributed by atoms with Crippen LogP contribution in [0.5, 0.6) is 0 Å². The van der Waals surface area contributed by atoms with Crippen LogP contribution >= 0.6 is 0 Å². The standard InChI is InChI=1S/C15H22F2N2O/c1-11(7-8-18)3-6-15(20)19(2)10-12-4-5-13(16)9-14(12)17/h4-5,9,11H,3,6-8,10,18H2,1-2H3. The van der Waals surface area contributed by atoms with Crippen LogP contribution in [0.4, 0.5) is 8.78 Å². The zero-order valence-corrected chi connectivity index (χ0v) is 12.0. The lowest BCUT2D eigenvalue weighted by molar-refractivity contribution is -0.130. The van der Waals surface area contributed by atoms with Gasteiger partial charge in [-0.1, -0.05) is 13.0 Å². The summed E-state index contributed by atoms with van der Waals surface area (Å²) in [4.78, 5) is 13.4. The molecule has 0 aliphatic heterocycles. The maximum atomic E-state index is 13.5. The van der Waals surface area contributed by atoms with E-state index in [-0.39, 0.29) is 12.5 Å². The molecule has 112 valence electrons. The SMILES string of the molecule is CC(CCN)CCC(=O)N(C)Cc1ccc(F)cc1F. The number of hydrogen-bond acceptors (Lipinski definition) is 2. The van der Waals surface area contributed by atoms with Crippen molar-refractivity contribution in [1.29, 1.82) is 0 Å². The molecule has 0 saturated carbocycles. The van der Waals surface area contributed by atoms with E-state index in [4.69, 9.17) is 5.73 Å². The van der Waals surface area contributed by atoms with Gasteiger partial charge in [0, 0.05) is 31.6 Å². The zero-order chi connectivity index (χ0) is 15.1. The maximum Gasteiger partial charge on any atom is 0.222 e. The van der Waals surface area contributed by atoms with Crippen molar-refractivity contribution in [3.8, 4) is 0 Å². The van der Waals surface area contributed by atoms with Crippen LogP contribution in [0.25, 0.3) is 0 Å². The molecule has 0 fully saturated rings. The summed E-state index contributed by atoms with van der Waals surface area (Å²) < 4.78 is 26.3. The van der Waals surface area contributed by atoms with Gasteiger partial charge in [0.15, 0.2) is 0 Å². The normalized spacial score (nSPS) is 12.2. The third-order valence-electron chi connectivity index (χ3n) is 3.36. The third-order valence-corrected chi connectivity index (χ3v) is 3.36. The van der Waals surface area contributed by atoms with Crippen LogP contribution in [-0.2, 0) is 11.3 Å². The van der Waals surface area contributed by atoms with Crippen LogP contribution in [0.3, 0.4) is 0 Å². The first kappa shape index (κ1) is 16.6. The number of carbonyl (C=O) groups excluding carboxylic acids is 1. The van der Waals surface area contributed by atoms with Gasteiger partial charge in [0.25, 0.3) is 0 Å². The second kappa shape index (κ2) is 7.94. The molecule has 0 heterocycles. The van der Waals surface area contributed by atoms with Crippen molar-refractivity contribution >= 4 is 5.91 Å². The number of amides is 1. The summed E-state index contributed by atoms with van der Waals surface area (Å²) in [7, 11) is 1.62. The van der Waals surface area contributed by atoms with Crippen molar-refractivity contribution in [2.45, 2.75) is 32.7 Å². The van der Waals surface area contributed by atoms with Gasteiger partial charge in [-0.15, -0.1) is 0 Å². The number of benzene rings is 1. The maximum absolute atomic E-state index is 13.5. The van der Waals surface area contributed by atoms with Gasteiger partial charge in [-0.25, -0.2) is 8.78 Å². The van der Waals surface area contributed by atoms with E-state index in [1.165, 1.54) is 17.0 Å². The fraction of sp³-hybridized carbons (Fsp3) is 0.533. The van der Waals surface area contributed by atoms with Crippen molar-refractivity contribution in [3.05, 3.63) is 35.4 Å². The summed E-state index contributed by atoms with van der Waals surface area (Å²) in [6.45, 7) is 2.82. The quantitative estimate of drug-likeness (QED) is 0.836. The molecule has 0 radical (unpaired) electrons. The molecular weight excluding hydrogens is 262 g/mol. The molecule has 1 aromatic carbocycles. The Bertz CT molecular complexity index is 451. The number of nitrogens with zero attached hydrogens (tertiary/aromatic N) is 1. The van der Waals surface area contributed by atoms with Crippen molar-refractivity contribution in [2.24, 2.45) is 11.7 Å². The average Bonchev–Trinajstić information content (AvgIpc) is 2.39. The molecule has 20 heavy (non-hydrogen) atoms. The van der Waals surface area contributed by atoms with Gasteiger partial charge in [0.1, 0.15) is 11.6 Å². The molecule has 0 aliphatic rings. The van der Waals surface area contributed by atoms with E-state index in [0.717, 1.165) is 18.9 Å². The fourth-order valence-electron chi connectivity index (χ4n) is 1.98. The molecule has 2 N–H and O–H groups in total. The Balaban J connectivity index is 2.49. The van der Waals surface area contributed by atoms with Crippen LogP contribution in [0.15, 0.2) is 18.2 Å². The zero-order valence-electron chi connectivity index (χ0n) is 12.0. The Kier molecular flexibility index (Phi) is 6.58. The molecule has 1 aromatic rings. The smallest absolute Gasteiger partial charge is 0.222 e. The van der Waals surface area contributed by atoms with Crippen LogP contribution in [0, 0.1) is 17.6 Å². The second-order valence-corrected chi connectivity index (χ2v) is 5.21. The summed E-state index contributed by atoms with van der Waals surface area (Å²) in [5, 5.41) is 0. The Morgan fingerprint density at radius 1 is 1.35 bits per heavy atom. The van der Waals surface area contributed by atoms with Crippen LogP contribution in [0.1, 0.15) is 31.7 Å². The monoisotopic (exact) mass is 284 g/mol. The summed E-state index contributed by atoms with van der Waals surface area (Å²) in [5.74, 6) is -0.880. The lowest BCUT2D eigenvalue weighted by Gasteiger charge is -2.19. The summed E-state index contributed by atoms with van der Waals surface area (Å²) in [6.07, 6.45) is 2.08. The molecule has 0 bridgehead atoms. The van der Waals surface area contributed by atoms with Crippen molar-refractivity contribution in [1.82, 2.24) is 4.90 Å². The Hall–Kier alpha value is -1.49. The van der Waals surface area contributed by atoms with Gasteiger partial charge in [-0.05, 0) is 31.4 Å². The van der Waals surface area contributed by atoms with E-state index in [1.54, 1.807) is 7.05 Å². The molecular formula is C15H22F2N2O. The number of carbonyl (C=O) groups is 1. The van der Waals surface area contributed by atoms with Crippen molar-refractivity contribution in [2.75, 3.05) is 13.6 Å². The largest absolute Gasteiger partial charge is 0.341 e. The lowest BCUT2D eigenvalue weighted by Crippen LogP contribution is -2.27. The van der Waals surface area contributed by atoms with Gasteiger partial charge < -0.3 is 10.6 Å². The van der Waals surface area contributed by atoms with Gasteiger partial charge in [0.2, 0.25) is 5.91 Å². The Morgan fingerprint density at radius 3 is 2.65 bits per heavy atom. The molecule has 0 spiro atoms. The summed E-state index contributed by atoms with van der Waals surface area (Å²) >= 11 is 0. The highest BCUT2D eigenvalue weighted by Gasteiger charge is 2.13. The number of rotatable bonds is 7. The van der Waals surface area contributed by atoms with Gasteiger partial charge in [-0.3, -0.25) is 4.79 Å².